The molecule has 1 aromatic heterocycles. The van der Waals surface area contributed by atoms with Crippen molar-refractivity contribution in [3.8, 4) is 5.75 Å². The van der Waals surface area contributed by atoms with Crippen LogP contribution in [0, 0.1) is 0 Å². The molecule has 0 bridgehead atoms. The molecule has 0 amide bonds. The minimum Gasteiger partial charge on any atom is -0.485 e. The standard InChI is InChI=1S/C17H17NO2/c1-18-14-8-4-3-7-12(14)16-13(17(18)19)10-11-6-2-5-9-15(11)20-16/h3-4,7-8,10,15H,2,5-6,9H2,1H3. The van der Waals surface area contributed by atoms with E-state index in [2.05, 4.69) is 6.08 Å². The van der Waals surface area contributed by atoms with Gasteiger partial charge >= 0.3 is 0 Å². The number of benzene rings is 1. The van der Waals surface area contributed by atoms with Crippen LogP contribution in [0.2, 0.25) is 0 Å². The van der Waals surface area contributed by atoms with Gasteiger partial charge in [0.2, 0.25) is 0 Å². The van der Waals surface area contributed by atoms with Gasteiger partial charge in [-0.05, 0) is 49.5 Å². The normalized spacial score (nSPS) is 20.9. The first-order chi connectivity index (χ1) is 9.75. The zero-order valence-corrected chi connectivity index (χ0v) is 11.6. The maximum atomic E-state index is 12.5. The highest BCUT2D eigenvalue weighted by molar-refractivity contribution is 5.90. The second kappa shape index (κ2) is 4.23. The Kier molecular flexibility index (Phi) is 2.49. The van der Waals surface area contributed by atoms with Crippen LogP contribution in [0.4, 0.5) is 0 Å². The van der Waals surface area contributed by atoms with E-state index in [9.17, 15) is 4.79 Å². The summed E-state index contributed by atoms with van der Waals surface area (Å²) in [6, 6.07) is 7.96. The summed E-state index contributed by atoms with van der Waals surface area (Å²) >= 11 is 0. The van der Waals surface area contributed by atoms with E-state index in [1.807, 2.05) is 31.3 Å². The van der Waals surface area contributed by atoms with E-state index in [4.69, 9.17) is 4.74 Å². The van der Waals surface area contributed by atoms with Crippen molar-refractivity contribution in [2.75, 3.05) is 0 Å². The molecule has 102 valence electrons. The van der Waals surface area contributed by atoms with Gasteiger partial charge in [-0.1, -0.05) is 12.1 Å². The number of pyridine rings is 1. The van der Waals surface area contributed by atoms with E-state index in [-0.39, 0.29) is 11.7 Å². The lowest BCUT2D eigenvalue weighted by atomic mass is 9.88. The van der Waals surface area contributed by atoms with Gasteiger partial charge in [0.15, 0.2) is 0 Å². The average molecular weight is 267 g/mol. The van der Waals surface area contributed by atoms with Crippen molar-refractivity contribution < 1.29 is 4.74 Å². The van der Waals surface area contributed by atoms with Crippen LogP contribution >= 0.6 is 0 Å². The lowest BCUT2D eigenvalue weighted by molar-refractivity contribution is 0.202. The van der Waals surface area contributed by atoms with Crippen LogP contribution in [-0.2, 0) is 7.05 Å². The van der Waals surface area contributed by atoms with Gasteiger partial charge in [0.1, 0.15) is 11.9 Å². The number of para-hydroxylation sites is 1. The Morgan fingerprint density at radius 2 is 2.10 bits per heavy atom. The van der Waals surface area contributed by atoms with Crippen molar-refractivity contribution in [3.63, 3.8) is 0 Å². The molecule has 0 radical (unpaired) electrons. The summed E-state index contributed by atoms with van der Waals surface area (Å²) in [7, 11) is 1.83. The van der Waals surface area contributed by atoms with Crippen LogP contribution in [0.5, 0.6) is 5.75 Å². The zero-order chi connectivity index (χ0) is 13.7. The number of ether oxygens (including phenoxy) is 1. The van der Waals surface area contributed by atoms with Crippen molar-refractivity contribution >= 4 is 17.0 Å². The molecule has 1 saturated carbocycles. The molecule has 4 rings (SSSR count). The van der Waals surface area contributed by atoms with Gasteiger partial charge in [-0.3, -0.25) is 4.79 Å². The fourth-order valence-electron chi connectivity index (χ4n) is 3.38. The molecule has 2 aromatic rings. The Balaban J connectivity index is 2.06. The van der Waals surface area contributed by atoms with Crippen LogP contribution in [-0.4, -0.2) is 10.7 Å². The van der Waals surface area contributed by atoms with E-state index in [1.54, 1.807) is 4.57 Å². The second-order valence-electron chi connectivity index (χ2n) is 5.70. The van der Waals surface area contributed by atoms with Gasteiger partial charge in [-0.2, -0.15) is 0 Å². The van der Waals surface area contributed by atoms with Crippen molar-refractivity contribution in [3.05, 3.63) is 45.8 Å². The van der Waals surface area contributed by atoms with E-state index in [1.165, 1.54) is 18.4 Å². The molecule has 20 heavy (non-hydrogen) atoms. The van der Waals surface area contributed by atoms with Crippen LogP contribution in [0.3, 0.4) is 0 Å². The molecule has 3 heteroatoms. The number of nitrogens with zero attached hydrogens (tertiary/aromatic N) is 1. The van der Waals surface area contributed by atoms with E-state index < -0.39 is 0 Å². The molecule has 0 spiro atoms. The Morgan fingerprint density at radius 1 is 1.25 bits per heavy atom. The number of aromatic nitrogens is 1. The number of aryl methyl sites for hydroxylation is 1. The van der Waals surface area contributed by atoms with Gasteiger partial charge < -0.3 is 9.30 Å². The highest BCUT2D eigenvalue weighted by atomic mass is 16.5. The number of hydrogen-bond donors (Lipinski definition) is 0. The summed E-state index contributed by atoms with van der Waals surface area (Å²) in [5.41, 5.74) is 2.98. The van der Waals surface area contributed by atoms with E-state index in [0.29, 0.717) is 0 Å². The zero-order valence-electron chi connectivity index (χ0n) is 11.6. The fourth-order valence-corrected chi connectivity index (χ4v) is 3.38. The molecule has 1 aliphatic heterocycles. The smallest absolute Gasteiger partial charge is 0.261 e. The maximum Gasteiger partial charge on any atom is 0.261 e. The summed E-state index contributed by atoms with van der Waals surface area (Å²) < 4.78 is 7.92. The molecule has 1 unspecified atom stereocenters. The minimum absolute atomic E-state index is 0.0372. The summed E-state index contributed by atoms with van der Waals surface area (Å²) in [6.07, 6.45) is 6.79. The molecule has 1 fully saturated rings. The molecule has 1 aliphatic carbocycles. The monoisotopic (exact) mass is 267 g/mol. The number of hydrogen-bond acceptors (Lipinski definition) is 2. The molecule has 0 saturated heterocycles. The Bertz CT molecular complexity index is 785. The first kappa shape index (κ1) is 11.8. The van der Waals surface area contributed by atoms with Crippen molar-refractivity contribution in [2.24, 2.45) is 7.05 Å². The van der Waals surface area contributed by atoms with Crippen molar-refractivity contribution in [1.29, 1.82) is 0 Å². The average Bonchev–Trinajstić information content (AvgIpc) is 2.51. The third-order valence-electron chi connectivity index (χ3n) is 4.47. The third kappa shape index (κ3) is 1.56. The van der Waals surface area contributed by atoms with Gasteiger partial charge in [0.05, 0.1) is 11.1 Å². The number of rotatable bonds is 0. The van der Waals surface area contributed by atoms with E-state index >= 15 is 0 Å². The summed E-state index contributed by atoms with van der Waals surface area (Å²) in [5.74, 6) is 0.777. The second-order valence-corrected chi connectivity index (χ2v) is 5.70. The maximum absolute atomic E-state index is 12.5. The number of fused-ring (bicyclic) bond motifs is 4. The Hall–Kier alpha value is -2.03. The van der Waals surface area contributed by atoms with Crippen LogP contribution < -0.4 is 10.3 Å². The topological polar surface area (TPSA) is 31.2 Å². The predicted molar refractivity (Wildman–Crippen MR) is 80.1 cm³/mol. The van der Waals surface area contributed by atoms with Gasteiger partial charge in [0, 0.05) is 12.4 Å². The Labute approximate surface area is 117 Å². The van der Waals surface area contributed by atoms with Crippen LogP contribution in [0.25, 0.3) is 17.0 Å². The highest BCUT2D eigenvalue weighted by Gasteiger charge is 2.28. The molecular weight excluding hydrogens is 250 g/mol. The predicted octanol–water partition coefficient (Wildman–Crippen LogP) is 3.26. The van der Waals surface area contributed by atoms with Crippen molar-refractivity contribution in [1.82, 2.24) is 4.57 Å². The van der Waals surface area contributed by atoms with E-state index in [0.717, 1.165) is 35.1 Å². The molecule has 1 atom stereocenters. The van der Waals surface area contributed by atoms with Gasteiger partial charge in [-0.15, -0.1) is 0 Å². The molecule has 2 aliphatic rings. The lowest BCUT2D eigenvalue weighted by Crippen LogP contribution is -2.30. The SMILES string of the molecule is Cn1c(=O)c2c(c3ccccc31)OC1CCCCC1=C2. The summed E-state index contributed by atoms with van der Waals surface area (Å²) in [5, 5.41) is 1.03. The third-order valence-corrected chi connectivity index (χ3v) is 4.47. The lowest BCUT2D eigenvalue weighted by Gasteiger charge is -2.31. The molecule has 2 heterocycles. The fraction of sp³-hybridized carbons (Fsp3) is 0.353. The molecular formula is C17H17NO2. The first-order valence-electron chi connectivity index (χ1n) is 7.24. The van der Waals surface area contributed by atoms with Crippen LogP contribution in [0.1, 0.15) is 31.2 Å². The molecule has 1 aromatic carbocycles. The highest BCUT2D eigenvalue weighted by Crippen LogP contribution is 2.38. The summed E-state index contributed by atoms with van der Waals surface area (Å²) in [6.45, 7) is 0. The quantitative estimate of drug-likeness (QED) is 0.733. The first-order valence-corrected chi connectivity index (χ1v) is 7.24. The molecule has 0 N–H and O–H groups in total. The largest absolute Gasteiger partial charge is 0.485 e. The summed E-state index contributed by atoms with van der Waals surface area (Å²) in [4.78, 5) is 12.5. The van der Waals surface area contributed by atoms with Crippen molar-refractivity contribution in [2.45, 2.75) is 31.8 Å². The van der Waals surface area contributed by atoms with Crippen LogP contribution in [0.15, 0.2) is 34.6 Å². The molecule has 3 nitrogen and oxygen atoms in total. The van der Waals surface area contributed by atoms with Gasteiger partial charge in [0.25, 0.3) is 5.56 Å². The van der Waals surface area contributed by atoms with Gasteiger partial charge in [-0.25, -0.2) is 0 Å². The minimum atomic E-state index is 0.0372. The Morgan fingerprint density at radius 3 is 3.00 bits per heavy atom.